The highest BCUT2D eigenvalue weighted by atomic mass is 16.3. The van der Waals surface area contributed by atoms with Gasteiger partial charge >= 0.3 is 0 Å². The quantitative estimate of drug-likeness (QED) is 0.895. The van der Waals surface area contributed by atoms with E-state index in [1.54, 1.807) is 17.8 Å². The summed E-state index contributed by atoms with van der Waals surface area (Å²) in [6, 6.07) is 9.26. The van der Waals surface area contributed by atoms with Gasteiger partial charge in [0.1, 0.15) is 5.69 Å². The highest BCUT2D eigenvalue weighted by molar-refractivity contribution is 5.93. The minimum Gasteiger partial charge on any atom is -0.390 e. The molecule has 5 nitrogen and oxygen atoms in total. The Morgan fingerprint density at radius 2 is 2.24 bits per heavy atom. The van der Waals surface area contributed by atoms with E-state index in [9.17, 15) is 9.90 Å². The summed E-state index contributed by atoms with van der Waals surface area (Å²) >= 11 is 0. The first-order chi connectivity index (χ1) is 10.1. The molecule has 0 aliphatic heterocycles. The van der Waals surface area contributed by atoms with Crippen molar-refractivity contribution in [1.82, 2.24) is 15.1 Å². The summed E-state index contributed by atoms with van der Waals surface area (Å²) in [5, 5.41) is 17.4. The number of nitrogens with zero attached hydrogens (tertiary/aromatic N) is 2. The average molecular weight is 285 g/mol. The molecule has 21 heavy (non-hydrogen) atoms. The summed E-state index contributed by atoms with van der Waals surface area (Å²) < 4.78 is 1.58. The molecule has 0 spiro atoms. The van der Waals surface area contributed by atoms with E-state index in [2.05, 4.69) is 10.4 Å². The van der Waals surface area contributed by atoms with Crippen molar-refractivity contribution >= 4 is 5.91 Å². The van der Waals surface area contributed by atoms with E-state index in [1.807, 2.05) is 31.2 Å². The first-order valence-electron chi connectivity index (χ1n) is 7.19. The molecule has 3 rings (SSSR count). The first kappa shape index (κ1) is 13.8. The topological polar surface area (TPSA) is 67.2 Å². The van der Waals surface area contributed by atoms with Crippen LogP contribution in [0, 0.1) is 0 Å². The van der Waals surface area contributed by atoms with Crippen LogP contribution in [0.25, 0.3) is 0 Å². The summed E-state index contributed by atoms with van der Waals surface area (Å²) in [6.07, 6.45) is 0.785. The molecule has 0 saturated carbocycles. The van der Waals surface area contributed by atoms with Gasteiger partial charge in [0.05, 0.1) is 17.8 Å². The Bertz CT molecular complexity index is 678. The fourth-order valence-corrected chi connectivity index (χ4v) is 2.87. The highest BCUT2D eigenvalue weighted by Crippen LogP contribution is 2.31. The number of benzene rings is 1. The molecule has 2 atom stereocenters. The molecule has 1 heterocycles. The van der Waals surface area contributed by atoms with E-state index in [1.165, 1.54) is 0 Å². The predicted octanol–water partition coefficient (Wildman–Crippen LogP) is 1.37. The minimum atomic E-state index is -0.578. The maximum absolute atomic E-state index is 12.4. The fourth-order valence-electron chi connectivity index (χ4n) is 2.87. The molecule has 0 bridgehead atoms. The van der Waals surface area contributed by atoms with Crippen LogP contribution < -0.4 is 5.32 Å². The van der Waals surface area contributed by atoms with Crippen molar-refractivity contribution in [3.63, 3.8) is 0 Å². The summed E-state index contributed by atoms with van der Waals surface area (Å²) in [5.74, 6) is -0.203. The van der Waals surface area contributed by atoms with Crippen LogP contribution in [0.15, 0.2) is 30.3 Å². The van der Waals surface area contributed by atoms with E-state index >= 15 is 0 Å². The number of carbonyl (C=O) groups excluding carboxylic acids is 1. The molecule has 1 aromatic heterocycles. The van der Waals surface area contributed by atoms with Crippen LogP contribution in [-0.2, 0) is 19.9 Å². The molecule has 2 N–H and O–H groups in total. The van der Waals surface area contributed by atoms with Gasteiger partial charge in [0.15, 0.2) is 0 Å². The fraction of sp³-hybridized carbons (Fsp3) is 0.375. The second-order valence-corrected chi connectivity index (χ2v) is 5.42. The zero-order chi connectivity index (χ0) is 15.0. The summed E-state index contributed by atoms with van der Waals surface area (Å²) in [7, 11) is 1.76. The van der Waals surface area contributed by atoms with Crippen LogP contribution in [-0.4, -0.2) is 26.9 Å². The van der Waals surface area contributed by atoms with Crippen LogP contribution in [0.3, 0.4) is 0 Å². The number of fused-ring (bicyclic) bond motifs is 1. The maximum atomic E-state index is 12.4. The van der Waals surface area contributed by atoms with Crippen molar-refractivity contribution in [3.8, 4) is 0 Å². The van der Waals surface area contributed by atoms with E-state index < -0.39 is 6.10 Å². The molecule has 1 aliphatic rings. The lowest BCUT2D eigenvalue weighted by molar-refractivity contribution is 0.0849. The molecule has 2 aromatic rings. The Hall–Kier alpha value is -2.14. The molecular formula is C16H19N3O2. The number of amides is 1. The van der Waals surface area contributed by atoms with Crippen LogP contribution in [0.1, 0.15) is 40.3 Å². The molecule has 110 valence electrons. The summed E-state index contributed by atoms with van der Waals surface area (Å²) in [6.45, 7) is 2.00. The van der Waals surface area contributed by atoms with Gasteiger partial charge < -0.3 is 10.4 Å². The Morgan fingerprint density at radius 1 is 1.48 bits per heavy atom. The number of aliphatic hydroxyl groups excluding tert-OH is 1. The standard InChI is InChI=1S/C16H19N3O2/c1-3-11-9-13(19(2)18-11)16(21)17-15-12-7-5-4-6-10(12)8-14(15)20/h4-7,9,14-15,20H,3,8H2,1-2H3,(H,17,21)/t14-,15+/m1/s1. The van der Waals surface area contributed by atoms with Gasteiger partial charge in [-0.3, -0.25) is 9.48 Å². The summed E-state index contributed by atoms with van der Waals surface area (Å²) in [5.41, 5.74) is 3.49. The number of aliphatic hydroxyl groups is 1. The van der Waals surface area contributed by atoms with Crippen molar-refractivity contribution in [3.05, 3.63) is 52.8 Å². The molecule has 0 unspecified atom stereocenters. The van der Waals surface area contributed by atoms with Crippen LogP contribution in [0.4, 0.5) is 0 Å². The second-order valence-electron chi connectivity index (χ2n) is 5.42. The second kappa shape index (κ2) is 5.33. The third-order valence-electron chi connectivity index (χ3n) is 4.02. The van der Waals surface area contributed by atoms with Gasteiger partial charge in [-0.2, -0.15) is 5.10 Å². The van der Waals surface area contributed by atoms with Crippen molar-refractivity contribution in [2.24, 2.45) is 7.05 Å². The number of aryl methyl sites for hydroxylation is 2. The summed E-state index contributed by atoms with van der Waals surface area (Å²) in [4.78, 5) is 12.4. The van der Waals surface area contributed by atoms with Crippen LogP contribution in [0.2, 0.25) is 0 Å². The Kier molecular flexibility index (Phi) is 3.51. The van der Waals surface area contributed by atoms with Crippen LogP contribution >= 0.6 is 0 Å². The molecule has 0 saturated heterocycles. The zero-order valence-electron chi connectivity index (χ0n) is 12.2. The van der Waals surface area contributed by atoms with Crippen LogP contribution in [0.5, 0.6) is 0 Å². The first-order valence-corrected chi connectivity index (χ1v) is 7.19. The Labute approximate surface area is 123 Å². The monoisotopic (exact) mass is 285 g/mol. The lowest BCUT2D eigenvalue weighted by Crippen LogP contribution is -2.34. The lowest BCUT2D eigenvalue weighted by Gasteiger charge is -2.17. The molecule has 1 amide bonds. The lowest BCUT2D eigenvalue weighted by atomic mass is 10.1. The van der Waals surface area contributed by atoms with Gasteiger partial charge in [-0.15, -0.1) is 0 Å². The normalized spacial score (nSPS) is 20.3. The zero-order valence-corrected chi connectivity index (χ0v) is 12.2. The third kappa shape index (κ3) is 2.45. The molecule has 1 aliphatic carbocycles. The number of hydrogen-bond donors (Lipinski definition) is 2. The van der Waals surface area contributed by atoms with Gasteiger partial charge in [0.25, 0.3) is 5.91 Å². The van der Waals surface area contributed by atoms with Gasteiger partial charge in [-0.05, 0) is 23.6 Å². The van der Waals surface area contributed by atoms with Crippen molar-refractivity contribution in [2.75, 3.05) is 0 Å². The molecular weight excluding hydrogens is 266 g/mol. The third-order valence-corrected chi connectivity index (χ3v) is 4.02. The Morgan fingerprint density at radius 3 is 2.95 bits per heavy atom. The SMILES string of the molecule is CCc1cc(C(=O)N[C@H]2c3ccccc3C[C@H]2O)n(C)n1. The molecule has 1 aromatic carbocycles. The number of rotatable bonds is 3. The number of nitrogens with one attached hydrogen (secondary N) is 1. The van der Waals surface area contributed by atoms with Crippen molar-refractivity contribution in [1.29, 1.82) is 0 Å². The largest absolute Gasteiger partial charge is 0.390 e. The van der Waals surface area contributed by atoms with Gasteiger partial charge in [0.2, 0.25) is 0 Å². The van der Waals surface area contributed by atoms with Crippen molar-refractivity contribution < 1.29 is 9.90 Å². The maximum Gasteiger partial charge on any atom is 0.270 e. The smallest absolute Gasteiger partial charge is 0.270 e. The molecule has 0 fully saturated rings. The number of aromatic nitrogens is 2. The predicted molar refractivity (Wildman–Crippen MR) is 78.9 cm³/mol. The van der Waals surface area contributed by atoms with E-state index in [4.69, 9.17) is 0 Å². The molecule has 5 heteroatoms. The van der Waals surface area contributed by atoms with E-state index in [0.29, 0.717) is 12.1 Å². The van der Waals surface area contributed by atoms with Gasteiger partial charge in [-0.25, -0.2) is 0 Å². The minimum absolute atomic E-state index is 0.203. The van der Waals surface area contributed by atoms with E-state index in [0.717, 1.165) is 23.2 Å². The van der Waals surface area contributed by atoms with Gasteiger partial charge in [0, 0.05) is 13.5 Å². The van der Waals surface area contributed by atoms with E-state index in [-0.39, 0.29) is 11.9 Å². The average Bonchev–Trinajstić information content (AvgIpc) is 3.00. The number of carbonyl (C=O) groups is 1. The molecule has 0 radical (unpaired) electrons. The van der Waals surface area contributed by atoms with Crippen molar-refractivity contribution in [2.45, 2.75) is 31.9 Å². The highest BCUT2D eigenvalue weighted by Gasteiger charge is 2.32. The number of hydrogen-bond acceptors (Lipinski definition) is 3. The Balaban J connectivity index is 1.83. The van der Waals surface area contributed by atoms with Gasteiger partial charge in [-0.1, -0.05) is 31.2 Å².